The molecule has 0 spiro atoms. The van der Waals surface area contributed by atoms with Crippen LogP contribution in [0.15, 0.2) is 109 Å². The first-order chi connectivity index (χ1) is 39.9. The van der Waals surface area contributed by atoms with Gasteiger partial charge < -0.3 is 28.5 Å². The molecule has 3 atom stereocenters. The number of hydrogen-bond acceptors (Lipinski definition) is 7. The average Bonchev–Trinajstić information content (AvgIpc) is 3.44. The highest BCUT2D eigenvalue weighted by Gasteiger charge is 2.27. The quantitative estimate of drug-likeness (QED) is 0.0212. The number of allylic oxidation sites excluding steroid dienone is 17. The zero-order chi connectivity index (χ0) is 60.0. The highest BCUT2D eigenvalue weighted by Crippen LogP contribution is 2.38. The molecule has 1 amide bonds. The Hall–Kier alpha value is -3.33. The van der Waals surface area contributed by atoms with Gasteiger partial charge in [-0.1, -0.05) is 265 Å². The lowest BCUT2D eigenvalue weighted by molar-refractivity contribution is -0.870. The summed E-state index contributed by atoms with van der Waals surface area (Å²) < 4.78 is 30.4. The molecule has 82 heavy (non-hydrogen) atoms. The number of unbranched alkanes of at least 4 members (excludes halogenated alkanes) is 28. The molecule has 0 bridgehead atoms. The minimum Gasteiger partial charge on any atom is -0.756 e. The van der Waals surface area contributed by atoms with Gasteiger partial charge >= 0.3 is 5.97 Å². The summed E-state index contributed by atoms with van der Waals surface area (Å²) in [6.07, 6.45) is 83.4. The highest BCUT2D eigenvalue weighted by molar-refractivity contribution is 7.45. The lowest BCUT2D eigenvalue weighted by Gasteiger charge is -2.30. The minimum absolute atomic E-state index is 0.0308. The maximum atomic E-state index is 13.6. The van der Waals surface area contributed by atoms with Crippen LogP contribution in [-0.2, 0) is 27.9 Å². The van der Waals surface area contributed by atoms with Crippen molar-refractivity contribution in [3.63, 3.8) is 0 Å². The predicted octanol–water partition coefficient (Wildman–Crippen LogP) is 20.7. The number of esters is 1. The van der Waals surface area contributed by atoms with Gasteiger partial charge in [-0.15, -0.1) is 0 Å². The molecule has 0 rings (SSSR count). The molecular weight excluding hydrogens is 1040 g/mol. The molecule has 0 aliphatic carbocycles. The van der Waals surface area contributed by atoms with Crippen LogP contribution >= 0.6 is 7.82 Å². The summed E-state index contributed by atoms with van der Waals surface area (Å²) in [5.41, 5.74) is 0. The number of likely N-dealkylation sites (N-methyl/N-ethyl adjacent to an activating group) is 1. The lowest BCUT2D eigenvalue weighted by Crippen LogP contribution is -2.47. The summed E-state index contributed by atoms with van der Waals surface area (Å²) in [6, 6.07) is -0.905. The standard InChI is InChI=1S/C72H127N2O7P/c1-7-10-13-16-19-22-25-28-30-32-34-35-36-37-38-39-41-42-44-46-49-52-55-58-61-64-71(75)73-69(68-80-82(77,78)79-67-66-74(4,5)6)70(63-60-57-54-51-48-27-24-21-18-15-12-9-3)81-72(76)65-62-59-56-53-50-47-45-43-40-33-31-29-26-23-20-17-14-11-8-2/h10,13,19-20,22-23,28-31,34-35,37-38,40,43,60,63,69-70H,7-9,11-12,14-18,21,24-27,32-33,36,39,41-42,44-59,61-62,64-68H2,1-6H3,(H-,73,75,77,78)/b13-10-,22-19-,23-20-,30-28-,31-29-,35-34-,38-37-,43-40-,63-60-. The Bertz CT molecular complexity index is 1770. The van der Waals surface area contributed by atoms with Gasteiger partial charge in [0.1, 0.15) is 19.3 Å². The second-order valence-electron chi connectivity index (χ2n) is 23.6. The molecule has 0 aromatic rings. The largest absolute Gasteiger partial charge is 0.756 e. The van der Waals surface area contributed by atoms with E-state index in [1.807, 2.05) is 33.3 Å². The normalized spacial score (nSPS) is 14.3. The Morgan fingerprint density at radius 2 is 0.780 bits per heavy atom. The van der Waals surface area contributed by atoms with Gasteiger partial charge in [0.2, 0.25) is 5.91 Å². The Kier molecular flexibility index (Phi) is 58.3. The molecule has 472 valence electrons. The SMILES string of the molecule is CC/C=C\C/C=C\C/C=C\C/C=C\C/C=C\CCCCCCCCCCCC(=O)NC(COP(=O)([O-])OCC[N+](C)(C)C)C(/C=C\CCCCCCCCCCCC)OC(=O)CCCCCCCC/C=C\C/C=C\C/C=C\CCCCC. The van der Waals surface area contributed by atoms with Crippen LogP contribution in [0.1, 0.15) is 284 Å². The fourth-order valence-corrected chi connectivity index (χ4v) is 9.98. The van der Waals surface area contributed by atoms with Crippen molar-refractivity contribution >= 4 is 19.7 Å². The van der Waals surface area contributed by atoms with E-state index in [2.05, 4.69) is 123 Å². The van der Waals surface area contributed by atoms with Crippen LogP contribution in [0.5, 0.6) is 0 Å². The van der Waals surface area contributed by atoms with E-state index in [0.717, 1.165) is 135 Å². The van der Waals surface area contributed by atoms with E-state index in [9.17, 15) is 19.0 Å². The van der Waals surface area contributed by atoms with Gasteiger partial charge in [-0.3, -0.25) is 14.2 Å². The van der Waals surface area contributed by atoms with E-state index in [4.69, 9.17) is 13.8 Å². The zero-order valence-corrected chi connectivity index (χ0v) is 54.8. The van der Waals surface area contributed by atoms with Gasteiger partial charge in [-0.05, 0) is 115 Å². The number of hydrogen-bond donors (Lipinski definition) is 1. The fourth-order valence-electron chi connectivity index (χ4n) is 9.26. The first kappa shape index (κ1) is 78.7. The van der Waals surface area contributed by atoms with E-state index in [1.165, 1.54) is 109 Å². The van der Waals surface area contributed by atoms with Crippen LogP contribution in [0, 0.1) is 0 Å². The molecule has 3 unspecified atom stereocenters. The first-order valence-corrected chi connectivity index (χ1v) is 35.2. The van der Waals surface area contributed by atoms with Crippen molar-refractivity contribution in [2.45, 2.75) is 296 Å². The molecule has 0 aromatic heterocycles. The molecule has 10 heteroatoms. The number of phosphoric ester groups is 1. The summed E-state index contributed by atoms with van der Waals surface area (Å²) >= 11 is 0. The second kappa shape index (κ2) is 60.8. The molecule has 0 radical (unpaired) electrons. The summed E-state index contributed by atoms with van der Waals surface area (Å²) in [5.74, 6) is -0.564. The van der Waals surface area contributed by atoms with Crippen molar-refractivity contribution < 1.29 is 37.3 Å². The molecule has 0 fully saturated rings. The van der Waals surface area contributed by atoms with Crippen LogP contribution in [-0.4, -0.2) is 69.4 Å². The summed E-state index contributed by atoms with van der Waals surface area (Å²) in [4.78, 5) is 40.1. The van der Waals surface area contributed by atoms with E-state index in [-0.39, 0.29) is 24.9 Å². The van der Waals surface area contributed by atoms with Crippen molar-refractivity contribution in [2.75, 3.05) is 40.9 Å². The zero-order valence-electron chi connectivity index (χ0n) is 53.9. The van der Waals surface area contributed by atoms with Crippen molar-refractivity contribution in [3.05, 3.63) is 109 Å². The number of quaternary nitrogens is 1. The molecule has 1 N–H and O–H groups in total. The Balaban J connectivity index is 5.17. The number of nitrogens with zero attached hydrogens (tertiary/aromatic N) is 1. The van der Waals surface area contributed by atoms with Gasteiger partial charge in [0.05, 0.1) is 33.8 Å². The molecule has 0 aliphatic heterocycles. The van der Waals surface area contributed by atoms with E-state index in [0.29, 0.717) is 23.9 Å². The van der Waals surface area contributed by atoms with Crippen LogP contribution in [0.4, 0.5) is 0 Å². The maximum Gasteiger partial charge on any atom is 0.306 e. The molecule has 0 saturated heterocycles. The lowest BCUT2D eigenvalue weighted by atomic mass is 10.0. The molecule has 0 aromatic carbocycles. The van der Waals surface area contributed by atoms with E-state index in [1.54, 1.807) is 0 Å². The minimum atomic E-state index is -4.71. The summed E-state index contributed by atoms with van der Waals surface area (Å²) in [6.45, 7) is 6.69. The summed E-state index contributed by atoms with van der Waals surface area (Å²) in [5, 5.41) is 3.03. The molecule has 0 heterocycles. The monoisotopic (exact) mass is 1160 g/mol. The maximum absolute atomic E-state index is 13.6. The van der Waals surface area contributed by atoms with E-state index >= 15 is 0 Å². The Labute approximate surface area is 506 Å². The number of carbonyl (C=O) groups excluding carboxylic acids is 2. The highest BCUT2D eigenvalue weighted by atomic mass is 31.2. The predicted molar refractivity (Wildman–Crippen MR) is 353 cm³/mol. The number of phosphoric acid groups is 1. The van der Waals surface area contributed by atoms with Gasteiger partial charge in [-0.2, -0.15) is 0 Å². The van der Waals surface area contributed by atoms with Crippen molar-refractivity contribution in [1.29, 1.82) is 0 Å². The second-order valence-corrected chi connectivity index (χ2v) is 25.0. The summed E-state index contributed by atoms with van der Waals surface area (Å²) in [7, 11) is 1.16. The average molecular weight is 1160 g/mol. The Morgan fingerprint density at radius 3 is 1.20 bits per heavy atom. The van der Waals surface area contributed by atoms with Gasteiger partial charge in [0, 0.05) is 12.8 Å². The van der Waals surface area contributed by atoms with Crippen molar-refractivity contribution in [1.82, 2.24) is 5.32 Å². The first-order valence-electron chi connectivity index (χ1n) is 33.7. The number of nitrogens with one attached hydrogen (secondary N) is 1. The van der Waals surface area contributed by atoms with E-state index < -0.39 is 26.6 Å². The third-order valence-electron chi connectivity index (χ3n) is 14.4. The van der Waals surface area contributed by atoms with Crippen molar-refractivity contribution in [2.24, 2.45) is 0 Å². The fraction of sp³-hybridized carbons (Fsp3) is 0.722. The Morgan fingerprint density at radius 1 is 0.439 bits per heavy atom. The number of ether oxygens (including phenoxy) is 1. The number of amides is 1. The number of carbonyl (C=O) groups is 2. The smallest absolute Gasteiger partial charge is 0.306 e. The number of rotatable bonds is 60. The van der Waals surface area contributed by atoms with Crippen LogP contribution < -0.4 is 10.2 Å². The van der Waals surface area contributed by atoms with Crippen LogP contribution in [0.2, 0.25) is 0 Å². The molecule has 0 aliphatic rings. The van der Waals surface area contributed by atoms with Crippen molar-refractivity contribution in [3.8, 4) is 0 Å². The van der Waals surface area contributed by atoms with Gasteiger partial charge in [0.25, 0.3) is 7.82 Å². The topological polar surface area (TPSA) is 114 Å². The van der Waals surface area contributed by atoms with Gasteiger partial charge in [-0.25, -0.2) is 0 Å². The third-order valence-corrected chi connectivity index (χ3v) is 15.4. The third kappa shape index (κ3) is 61.2. The van der Waals surface area contributed by atoms with Crippen LogP contribution in [0.25, 0.3) is 0 Å². The molecule has 0 saturated carbocycles. The molecular formula is C72H127N2O7P. The van der Waals surface area contributed by atoms with Crippen LogP contribution in [0.3, 0.4) is 0 Å². The molecule has 9 nitrogen and oxygen atoms in total. The van der Waals surface area contributed by atoms with Gasteiger partial charge in [0.15, 0.2) is 0 Å².